The number of rotatable bonds is 4. The van der Waals surface area contributed by atoms with E-state index in [1.54, 1.807) is 0 Å². The number of amidine groups is 1. The lowest BCUT2D eigenvalue weighted by atomic mass is 10.0. The van der Waals surface area contributed by atoms with E-state index in [1.165, 1.54) is 6.42 Å². The van der Waals surface area contributed by atoms with Crippen molar-refractivity contribution >= 4 is 16.9 Å². The molecular formula is C12H24N2OS. The van der Waals surface area contributed by atoms with Crippen LogP contribution >= 0.6 is 11.8 Å². The highest BCUT2D eigenvalue weighted by molar-refractivity contribution is 8.13. The summed E-state index contributed by atoms with van der Waals surface area (Å²) in [5.41, 5.74) is 0.0193. The first-order valence-corrected chi connectivity index (χ1v) is 6.93. The van der Waals surface area contributed by atoms with Crippen LogP contribution in [0.15, 0.2) is 4.99 Å². The average molecular weight is 244 g/mol. The van der Waals surface area contributed by atoms with Crippen LogP contribution in [0.25, 0.3) is 0 Å². The second-order valence-electron chi connectivity index (χ2n) is 5.42. The molecule has 16 heavy (non-hydrogen) atoms. The molecule has 0 bridgehead atoms. The Hall–Kier alpha value is -0.220. The fourth-order valence-corrected chi connectivity index (χ4v) is 2.88. The molecule has 1 aliphatic rings. The van der Waals surface area contributed by atoms with Crippen molar-refractivity contribution in [3.63, 3.8) is 0 Å². The van der Waals surface area contributed by atoms with Crippen LogP contribution in [-0.2, 0) is 4.74 Å². The summed E-state index contributed by atoms with van der Waals surface area (Å²) in [7, 11) is 0. The Balaban J connectivity index is 2.51. The number of aliphatic imine (C=N–C) groups is 1. The van der Waals surface area contributed by atoms with Crippen molar-refractivity contribution in [3.05, 3.63) is 0 Å². The van der Waals surface area contributed by atoms with Gasteiger partial charge in [-0.05, 0) is 41.0 Å². The van der Waals surface area contributed by atoms with Gasteiger partial charge in [-0.1, -0.05) is 11.8 Å². The van der Waals surface area contributed by atoms with Crippen LogP contribution in [0, 0.1) is 0 Å². The molecule has 0 aromatic heterocycles. The largest absolute Gasteiger partial charge is 0.374 e. The third kappa shape index (κ3) is 4.74. The normalized spacial score (nSPS) is 23.2. The van der Waals surface area contributed by atoms with Crippen molar-refractivity contribution in [1.82, 2.24) is 5.32 Å². The molecule has 1 heterocycles. The predicted molar refractivity (Wildman–Crippen MR) is 72.3 cm³/mol. The zero-order valence-electron chi connectivity index (χ0n) is 11.1. The van der Waals surface area contributed by atoms with E-state index >= 15 is 0 Å². The lowest BCUT2D eigenvalue weighted by Gasteiger charge is -2.33. The minimum absolute atomic E-state index is 0.161. The third-order valence-electron chi connectivity index (χ3n) is 2.55. The van der Waals surface area contributed by atoms with E-state index in [0.29, 0.717) is 6.54 Å². The topological polar surface area (TPSA) is 33.6 Å². The Bertz CT molecular complexity index is 262. The number of thioether (sulfide) groups is 1. The molecule has 3 nitrogen and oxygen atoms in total. The van der Waals surface area contributed by atoms with Gasteiger partial charge >= 0.3 is 0 Å². The van der Waals surface area contributed by atoms with Crippen molar-refractivity contribution in [2.75, 3.05) is 18.9 Å². The van der Waals surface area contributed by atoms with Gasteiger partial charge in [0.25, 0.3) is 0 Å². The molecule has 1 aliphatic heterocycles. The van der Waals surface area contributed by atoms with Crippen molar-refractivity contribution in [2.45, 2.75) is 52.2 Å². The van der Waals surface area contributed by atoms with Crippen LogP contribution < -0.4 is 5.32 Å². The summed E-state index contributed by atoms with van der Waals surface area (Å²) < 4.78 is 5.63. The standard InChI is InChI=1S/C12H24N2OS/c1-6-15-12(4,5)9-13-10-14-11(2,3)7-8-16-10/h6-9H2,1-5H3,(H,13,14). The Morgan fingerprint density at radius 3 is 2.75 bits per heavy atom. The van der Waals surface area contributed by atoms with Crippen LogP contribution in [0.2, 0.25) is 0 Å². The SMILES string of the molecule is CCOC(C)(C)CN=C1NC(C)(C)CCS1. The quantitative estimate of drug-likeness (QED) is 0.825. The Morgan fingerprint density at radius 1 is 1.50 bits per heavy atom. The predicted octanol–water partition coefficient (Wildman–Crippen LogP) is 2.66. The van der Waals surface area contributed by atoms with Gasteiger partial charge in [0.1, 0.15) is 0 Å². The van der Waals surface area contributed by atoms with Gasteiger partial charge < -0.3 is 10.1 Å². The van der Waals surface area contributed by atoms with Crippen LogP contribution in [0.3, 0.4) is 0 Å². The monoisotopic (exact) mass is 244 g/mol. The van der Waals surface area contributed by atoms with Gasteiger partial charge in [-0.15, -0.1) is 0 Å². The smallest absolute Gasteiger partial charge is 0.157 e. The van der Waals surface area contributed by atoms with E-state index in [-0.39, 0.29) is 11.1 Å². The van der Waals surface area contributed by atoms with Crippen molar-refractivity contribution in [2.24, 2.45) is 4.99 Å². The maximum atomic E-state index is 5.63. The summed E-state index contributed by atoms with van der Waals surface area (Å²) in [4.78, 5) is 4.61. The molecule has 0 unspecified atom stereocenters. The molecule has 0 aromatic rings. The molecule has 0 aromatic carbocycles. The van der Waals surface area contributed by atoms with Crippen LogP contribution in [0.5, 0.6) is 0 Å². The lowest BCUT2D eigenvalue weighted by molar-refractivity contribution is -0.00211. The molecule has 0 spiro atoms. The van der Waals surface area contributed by atoms with E-state index in [4.69, 9.17) is 4.74 Å². The molecule has 0 saturated carbocycles. The molecule has 1 N–H and O–H groups in total. The van der Waals surface area contributed by atoms with Crippen molar-refractivity contribution < 1.29 is 4.74 Å². The summed E-state index contributed by atoms with van der Waals surface area (Å²) in [6.45, 7) is 12.1. The summed E-state index contributed by atoms with van der Waals surface area (Å²) in [5.74, 6) is 1.15. The molecule has 0 atom stereocenters. The van der Waals surface area contributed by atoms with Gasteiger partial charge in [-0.3, -0.25) is 4.99 Å². The summed E-state index contributed by atoms with van der Waals surface area (Å²) >= 11 is 1.81. The van der Waals surface area contributed by atoms with E-state index in [0.717, 1.165) is 17.5 Å². The summed E-state index contributed by atoms with van der Waals surface area (Å²) in [6, 6.07) is 0. The highest BCUT2D eigenvalue weighted by Gasteiger charge is 2.25. The maximum Gasteiger partial charge on any atom is 0.157 e. The van der Waals surface area contributed by atoms with Gasteiger partial charge in [0, 0.05) is 17.9 Å². The molecule has 94 valence electrons. The fraction of sp³-hybridized carbons (Fsp3) is 0.917. The number of nitrogens with zero attached hydrogens (tertiary/aromatic N) is 1. The third-order valence-corrected chi connectivity index (χ3v) is 3.46. The second kappa shape index (κ2) is 5.41. The van der Waals surface area contributed by atoms with Gasteiger partial charge in [0.2, 0.25) is 0 Å². The fourth-order valence-electron chi connectivity index (χ4n) is 1.57. The molecule has 0 radical (unpaired) electrons. The van der Waals surface area contributed by atoms with Gasteiger partial charge in [0.15, 0.2) is 5.17 Å². The number of hydrogen-bond acceptors (Lipinski definition) is 3. The molecule has 0 amide bonds. The zero-order chi connectivity index (χ0) is 12.2. The van der Waals surface area contributed by atoms with E-state index < -0.39 is 0 Å². The zero-order valence-corrected chi connectivity index (χ0v) is 11.9. The summed E-state index contributed by atoms with van der Waals surface area (Å²) in [6.07, 6.45) is 1.19. The van der Waals surface area contributed by atoms with Crippen LogP contribution in [0.1, 0.15) is 41.0 Å². The summed E-state index contributed by atoms with van der Waals surface area (Å²) in [5, 5.41) is 4.52. The highest BCUT2D eigenvalue weighted by Crippen LogP contribution is 2.22. The average Bonchev–Trinajstić information content (AvgIpc) is 2.13. The first-order valence-electron chi connectivity index (χ1n) is 5.94. The van der Waals surface area contributed by atoms with Gasteiger partial charge in [-0.2, -0.15) is 0 Å². The number of ether oxygens (including phenoxy) is 1. The molecule has 1 fully saturated rings. The molecule has 0 aliphatic carbocycles. The minimum atomic E-state index is -0.161. The van der Waals surface area contributed by atoms with Gasteiger partial charge in [-0.25, -0.2) is 0 Å². The van der Waals surface area contributed by atoms with E-state index in [1.807, 2.05) is 18.7 Å². The van der Waals surface area contributed by atoms with E-state index in [2.05, 4.69) is 38.0 Å². The highest BCUT2D eigenvalue weighted by atomic mass is 32.2. The maximum absolute atomic E-state index is 5.63. The van der Waals surface area contributed by atoms with Crippen LogP contribution in [0.4, 0.5) is 0 Å². The van der Waals surface area contributed by atoms with Crippen LogP contribution in [-0.4, -0.2) is 35.2 Å². The first kappa shape index (κ1) is 13.8. The molecular weight excluding hydrogens is 220 g/mol. The lowest BCUT2D eigenvalue weighted by Crippen LogP contribution is -2.46. The molecule has 1 rings (SSSR count). The Morgan fingerprint density at radius 2 is 2.19 bits per heavy atom. The molecule has 1 saturated heterocycles. The van der Waals surface area contributed by atoms with Crippen molar-refractivity contribution in [1.29, 1.82) is 0 Å². The number of hydrogen-bond donors (Lipinski definition) is 1. The van der Waals surface area contributed by atoms with Crippen molar-refractivity contribution in [3.8, 4) is 0 Å². The molecule has 4 heteroatoms. The Labute approximate surface area is 103 Å². The number of nitrogens with one attached hydrogen (secondary N) is 1. The first-order chi connectivity index (χ1) is 7.35. The van der Waals surface area contributed by atoms with E-state index in [9.17, 15) is 0 Å². The Kier molecular flexibility index (Phi) is 4.68. The minimum Gasteiger partial charge on any atom is -0.374 e. The van der Waals surface area contributed by atoms with Gasteiger partial charge in [0.05, 0.1) is 12.1 Å². The second-order valence-corrected chi connectivity index (χ2v) is 6.51.